The van der Waals surface area contributed by atoms with E-state index >= 15 is 0 Å². The Morgan fingerprint density at radius 2 is 2.33 bits per heavy atom. The van der Waals surface area contributed by atoms with Gasteiger partial charge in [0, 0.05) is 24.5 Å². The molecule has 1 radical (unpaired) electrons. The molecule has 2 nitrogen and oxygen atoms in total. The fourth-order valence-corrected chi connectivity index (χ4v) is 1.73. The van der Waals surface area contributed by atoms with Crippen molar-refractivity contribution in [2.24, 2.45) is 5.41 Å². The summed E-state index contributed by atoms with van der Waals surface area (Å²) >= 11 is 0. The smallest absolute Gasteiger partial charge is 0.0421 e. The summed E-state index contributed by atoms with van der Waals surface area (Å²) in [5, 5.41) is 6.70. The van der Waals surface area contributed by atoms with Gasteiger partial charge in [0.2, 0.25) is 0 Å². The summed E-state index contributed by atoms with van der Waals surface area (Å²) in [6.45, 7) is 5.81. The van der Waals surface area contributed by atoms with Gasteiger partial charge in [0.1, 0.15) is 0 Å². The molecule has 1 atom stereocenters. The van der Waals surface area contributed by atoms with Gasteiger partial charge in [-0.1, -0.05) is 0 Å². The van der Waals surface area contributed by atoms with Gasteiger partial charge in [-0.15, -0.1) is 0 Å². The summed E-state index contributed by atoms with van der Waals surface area (Å²) in [7, 11) is 0. The van der Waals surface area contributed by atoms with Crippen LogP contribution in [-0.4, -0.2) is 19.6 Å². The molecule has 2 saturated heterocycles. The van der Waals surface area contributed by atoms with Crippen molar-refractivity contribution in [3.8, 4) is 0 Å². The van der Waals surface area contributed by atoms with Crippen molar-refractivity contribution in [3.63, 3.8) is 0 Å². The Labute approximate surface area is 56.0 Å². The zero-order valence-corrected chi connectivity index (χ0v) is 5.83. The van der Waals surface area contributed by atoms with Crippen molar-refractivity contribution in [1.29, 1.82) is 0 Å². The first-order valence-electron chi connectivity index (χ1n) is 3.62. The maximum Gasteiger partial charge on any atom is 0.0421 e. The molecule has 0 amide bonds. The highest BCUT2D eigenvalue weighted by atomic mass is 15.1. The third-order valence-electron chi connectivity index (χ3n) is 2.73. The second kappa shape index (κ2) is 1.70. The van der Waals surface area contributed by atoms with Crippen LogP contribution in [0.4, 0.5) is 0 Å². The Balaban J connectivity index is 2.06. The first kappa shape index (κ1) is 5.69. The number of rotatable bonds is 0. The maximum absolute atomic E-state index is 3.38. The van der Waals surface area contributed by atoms with Crippen LogP contribution < -0.4 is 10.6 Å². The van der Waals surface area contributed by atoms with Gasteiger partial charge in [-0.3, -0.25) is 0 Å². The van der Waals surface area contributed by atoms with Crippen molar-refractivity contribution < 1.29 is 0 Å². The van der Waals surface area contributed by atoms with Crippen LogP contribution in [0.3, 0.4) is 0 Å². The lowest BCUT2D eigenvalue weighted by Crippen LogP contribution is -2.56. The molecule has 1 unspecified atom stereocenters. The van der Waals surface area contributed by atoms with Gasteiger partial charge in [0.05, 0.1) is 0 Å². The van der Waals surface area contributed by atoms with Crippen LogP contribution in [0.25, 0.3) is 0 Å². The SMILES string of the molecule is C[C]1NCC12CCNC2. The van der Waals surface area contributed by atoms with E-state index in [4.69, 9.17) is 0 Å². The lowest BCUT2D eigenvalue weighted by atomic mass is 9.74. The van der Waals surface area contributed by atoms with Crippen molar-refractivity contribution in [1.82, 2.24) is 10.6 Å². The zero-order valence-electron chi connectivity index (χ0n) is 5.83. The summed E-state index contributed by atoms with van der Waals surface area (Å²) < 4.78 is 0. The Hall–Kier alpha value is -0.0800. The Morgan fingerprint density at radius 3 is 2.56 bits per heavy atom. The van der Waals surface area contributed by atoms with Crippen LogP contribution in [0.5, 0.6) is 0 Å². The van der Waals surface area contributed by atoms with E-state index in [1.807, 2.05) is 0 Å². The predicted molar refractivity (Wildman–Crippen MR) is 36.8 cm³/mol. The van der Waals surface area contributed by atoms with Gasteiger partial charge in [-0.05, 0) is 19.9 Å². The summed E-state index contributed by atoms with van der Waals surface area (Å²) in [4.78, 5) is 0. The normalized spacial score (nSPS) is 43.7. The highest BCUT2D eigenvalue weighted by Crippen LogP contribution is 2.39. The molecule has 9 heavy (non-hydrogen) atoms. The fourth-order valence-electron chi connectivity index (χ4n) is 1.73. The van der Waals surface area contributed by atoms with Crippen LogP contribution in [0.2, 0.25) is 0 Å². The average Bonchev–Trinajstić information content (AvgIpc) is 2.34. The Kier molecular flexibility index (Phi) is 1.08. The van der Waals surface area contributed by atoms with E-state index in [-0.39, 0.29) is 0 Å². The molecule has 0 aromatic heterocycles. The van der Waals surface area contributed by atoms with E-state index in [9.17, 15) is 0 Å². The molecule has 0 aromatic rings. The van der Waals surface area contributed by atoms with Crippen LogP contribution in [0.1, 0.15) is 13.3 Å². The molecular weight excluding hydrogens is 112 g/mol. The minimum atomic E-state index is 0.569. The summed E-state index contributed by atoms with van der Waals surface area (Å²) in [5.41, 5.74) is 0.569. The number of nitrogens with one attached hydrogen (secondary N) is 2. The summed E-state index contributed by atoms with van der Waals surface area (Å²) in [6, 6.07) is 1.49. The quantitative estimate of drug-likeness (QED) is 0.480. The average molecular weight is 125 g/mol. The first-order valence-corrected chi connectivity index (χ1v) is 3.62. The molecule has 2 aliphatic rings. The molecule has 1 spiro atoms. The molecule has 2 fully saturated rings. The molecule has 2 rings (SSSR count). The molecule has 2 heteroatoms. The molecule has 2 aliphatic heterocycles. The van der Waals surface area contributed by atoms with E-state index in [1.165, 1.54) is 32.1 Å². The molecule has 2 N–H and O–H groups in total. The van der Waals surface area contributed by atoms with Crippen LogP contribution in [0.15, 0.2) is 0 Å². The van der Waals surface area contributed by atoms with Crippen molar-refractivity contribution in [2.75, 3.05) is 19.6 Å². The molecule has 0 aromatic carbocycles. The summed E-state index contributed by atoms with van der Waals surface area (Å²) in [5.74, 6) is 0. The third-order valence-corrected chi connectivity index (χ3v) is 2.73. The zero-order chi connectivity index (χ0) is 6.32. The monoisotopic (exact) mass is 125 g/mol. The van der Waals surface area contributed by atoms with Crippen molar-refractivity contribution >= 4 is 0 Å². The topological polar surface area (TPSA) is 24.1 Å². The first-order chi connectivity index (χ1) is 4.33. The summed E-state index contributed by atoms with van der Waals surface area (Å²) in [6.07, 6.45) is 1.34. The van der Waals surface area contributed by atoms with Gasteiger partial charge in [-0.25, -0.2) is 0 Å². The number of hydrogen-bond donors (Lipinski definition) is 2. The number of hydrogen-bond acceptors (Lipinski definition) is 2. The molecule has 0 bridgehead atoms. The van der Waals surface area contributed by atoms with E-state index < -0.39 is 0 Å². The minimum Gasteiger partial charge on any atom is -0.316 e. The fraction of sp³-hybridized carbons (Fsp3) is 0.857. The van der Waals surface area contributed by atoms with Crippen LogP contribution in [0, 0.1) is 11.5 Å². The third kappa shape index (κ3) is 0.634. The second-order valence-corrected chi connectivity index (χ2v) is 3.19. The molecule has 51 valence electrons. The van der Waals surface area contributed by atoms with E-state index in [0.29, 0.717) is 5.41 Å². The highest BCUT2D eigenvalue weighted by Gasteiger charge is 2.46. The largest absolute Gasteiger partial charge is 0.316 e. The maximum atomic E-state index is 3.38. The van der Waals surface area contributed by atoms with Crippen molar-refractivity contribution in [3.05, 3.63) is 6.04 Å². The van der Waals surface area contributed by atoms with Gasteiger partial charge in [0.15, 0.2) is 0 Å². The molecule has 0 aliphatic carbocycles. The van der Waals surface area contributed by atoms with Crippen LogP contribution in [-0.2, 0) is 0 Å². The van der Waals surface area contributed by atoms with E-state index in [1.54, 1.807) is 0 Å². The van der Waals surface area contributed by atoms with E-state index in [0.717, 1.165) is 0 Å². The minimum absolute atomic E-state index is 0.569. The second-order valence-electron chi connectivity index (χ2n) is 3.19. The van der Waals surface area contributed by atoms with Crippen molar-refractivity contribution in [2.45, 2.75) is 13.3 Å². The van der Waals surface area contributed by atoms with Gasteiger partial charge in [-0.2, -0.15) is 0 Å². The standard InChI is InChI=1S/C7H13N2/c1-6-7(5-9-6)2-3-8-4-7/h8-9H,2-5H2,1H3. The molecule has 2 heterocycles. The molecule has 0 saturated carbocycles. The van der Waals surface area contributed by atoms with Gasteiger partial charge in [0.25, 0.3) is 0 Å². The van der Waals surface area contributed by atoms with E-state index in [2.05, 4.69) is 17.6 Å². The molecular formula is C7H13N2. The lowest BCUT2D eigenvalue weighted by molar-refractivity contribution is 0.205. The van der Waals surface area contributed by atoms with Crippen LogP contribution >= 0.6 is 0 Å². The highest BCUT2D eigenvalue weighted by molar-refractivity contribution is 5.15. The Morgan fingerprint density at radius 1 is 1.44 bits per heavy atom. The Bertz CT molecular complexity index is 116. The van der Waals surface area contributed by atoms with Gasteiger partial charge >= 0.3 is 0 Å². The van der Waals surface area contributed by atoms with Gasteiger partial charge < -0.3 is 10.6 Å². The lowest BCUT2D eigenvalue weighted by Gasteiger charge is -2.45. The predicted octanol–water partition coefficient (Wildman–Crippen LogP) is 0.121.